The second-order valence-electron chi connectivity index (χ2n) is 9.51. The second kappa shape index (κ2) is 11.1. The fourth-order valence-corrected chi connectivity index (χ4v) is 5.05. The Morgan fingerprint density at radius 2 is 1.64 bits per heavy atom. The van der Waals surface area contributed by atoms with E-state index in [1.54, 1.807) is 9.47 Å². The third-order valence-corrected chi connectivity index (χ3v) is 6.97. The third-order valence-electron chi connectivity index (χ3n) is 6.97. The molecule has 8 nitrogen and oxygen atoms in total. The van der Waals surface area contributed by atoms with Gasteiger partial charge in [-0.3, -0.25) is 15.3 Å². The summed E-state index contributed by atoms with van der Waals surface area (Å²) in [4.78, 5) is 43.8. The number of hydrogen-bond acceptors (Lipinski definition) is 6. The van der Waals surface area contributed by atoms with Gasteiger partial charge in [0.25, 0.3) is 11.5 Å². The zero-order valence-corrected chi connectivity index (χ0v) is 21.6. The largest absolute Gasteiger partial charge is 0.446 e. The monoisotopic (exact) mass is 528 g/mol. The molecule has 0 unspecified atom stereocenters. The number of ether oxygens (including phenoxy) is 1. The number of fused-ring (bicyclic) bond motifs is 1. The van der Waals surface area contributed by atoms with E-state index in [4.69, 9.17) is 10.5 Å². The number of nitrogens with two attached hydrogens (primary N) is 1. The average Bonchev–Trinajstić information content (AvgIpc) is 2.95. The number of carbonyl (C=O) groups excluding carboxylic acids is 2. The van der Waals surface area contributed by atoms with E-state index in [1.165, 1.54) is 24.3 Å². The van der Waals surface area contributed by atoms with E-state index < -0.39 is 17.3 Å². The molecule has 9 heteroatoms. The summed E-state index contributed by atoms with van der Waals surface area (Å²) in [5.74, 6) is -1.39. The molecule has 0 aliphatic carbocycles. The fourth-order valence-electron chi connectivity index (χ4n) is 5.05. The Bertz CT molecular complexity index is 1580. The van der Waals surface area contributed by atoms with E-state index in [0.717, 1.165) is 16.5 Å². The minimum atomic E-state index is -0.785. The van der Waals surface area contributed by atoms with Crippen molar-refractivity contribution in [1.29, 1.82) is 0 Å². The van der Waals surface area contributed by atoms with Crippen molar-refractivity contribution in [2.75, 3.05) is 37.8 Å². The Balaban J connectivity index is 1.57. The number of halogens is 1. The highest BCUT2D eigenvalue weighted by Gasteiger charge is 2.30. The third kappa shape index (κ3) is 5.26. The number of hydrogen-bond donors (Lipinski definition) is 1. The molecule has 2 N–H and O–H groups in total. The molecule has 39 heavy (non-hydrogen) atoms. The van der Waals surface area contributed by atoms with Gasteiger partial charge in [0.15, 0.2) is 0 Å². The zero-order valence-electron chi connectivity index (χ0n) is 21.6. The van der Waals surface area contributed by atoms with Crippen LogP contribution in [0.5, 0.6) is 0 Å². The lowest BCUT2D eigenvalue weighted by atomic mass is 10.0. The SMILES string of the molecule is Cc1ccc2c(c1)c(N1CCN(C(=O)c3ccc(F)cc3)CC1)c(C(=O)OCN)c(=O)n2Cc1ccccc1. The maximum Gasteiger partial charge on any atom is 0.347 e. The van der Waals surface area contributed by atoms with Crippen molar-refractivity contribution >= 4 is 28.5 Å². The van der Waals surface area contributed by atoms with Crippen molar-refractivity contribution in [3.63, 3.8) is 0 Å². The minimum Gasteiger partial charge on any atom is -0.446 e. The average molecular weight is 529 g/mol. The van der Waals surface area contributed by atoms with Crippen LogP contribution in [0.15, 0.2) is 77.6 Å². The van der Waals surface area contributed by atoms with Gasteiger partial charge in [0, 0.05) is 37.1 Å². The van der Waals surface area contributed by atoms with Crippen LogP contribution in [-0.2, 0) is 11.3 Å². The minimum absolute atomic E-state index is 0.0761. The van der Waals surface area contributed by atoms with Crippen molar-refractivity contribution < 1.29 is 18.7 Å². The summed E-state index contributed by atoms with van der Waals surface area (Å²) in [5, 5.41) is 0.743. The van der Waals surface area contributed by atoms with E-state index in [9.17, 15) is 18.8 Å². The topological polar surface area (TPSA) is 97.9 Å². The quantitative estimate of drug-likeness (QED) is 0.304. The Morgan fingerprint density at radius 3 is 2.31 bits per heavy atom. The van der Waals surface area contributed by atoms with Gasteiger partial charge >= 0.3 is 5.97 Å². The molecule has 1 aliphatic rings. The smallest absolute Gasteiger partial charge is 0.347 e. The maximum atomic E-state index is 13.9. The number of aromatic nitrogens is 1. The molecule has 2 heterocycles. The molecule has 0 radical (unpaired) electrons. The van der Waals surface area contributed by atoms with Gasteiger partial charge < -0.3 is 19.1 Å². The molecule has 3 aromatic carbocycles. The first-order chi connectivity index (χ1) is 18.9. The molecule has 0 spiro atoms. The van der Waals surface area contributed by atoms with Crippen molar-refractivity contribution in [3.8, 4) is 0 Å². The summed E-state index contributed by atoms with van der Waals surface area (Å²) in [6, 6.07) is 20.8. The Kier molecular flexibility index (Phi) is 7.42. The molecular weight excluding hydrogens is 499 g/mol. The van der Waals surface area contributed by atoms with E-state index in [2.05, 4.69) is 0 Å². The number of pyridine rings is 1. The first kappa shape index (κ1) is 26.1. The van der Waals surface area contributed by atoms with Crippen molar-refractivity contribution in [2.45, 2.75) is 13.5 Å². The van der Waals surface area contributed by atoms with Crippen LogP contribution < -0.4 is 16.2 Å². The molecular formula is C30H29FN4O4. The number of anilines is 1. The Labute approximate surface area is 225 Å². The number of esters is 1. The molecule has 1 aromatic heterocycles. The van der Waals surface area contributed by atoms with Crippen molar-refractivity contribution in [1.82, 2.24) is 9.47 Å². The normalized spacial score (nSPS) is 13.5. The molecule has 0 atom stereocenters. The second-order valence-corrected chi connectivity index (χ2v) is 9.51. The molecule has 200 valence electrons. The van der Waals surface area contributed by atoms with Crippen LogP contribution in [0.3, 0.4) is 0 Å². The lowest BCUT2D eigenvalue weighted by Gasteiger charge is -2.37. The molecule has 1 fully saturated rings. The van der Waals surface area contributed by atoms with Gasteiger partial charge in [-0.15, -0.1) is 0 Å². The van der Waals surface area contributed by atoms with Crippen LogP contribution in [-0.4, -0.2) is 54.3 Å². The number of rotatable bonds is 6. The van der Waals surface area contributed by atoms with Crippen molar-refractivity contribution in [3.05, 3.63) is 111 Å². The van der Waals surface area contributed by atoms with Crippen LogP contribution in [0.1, 0.15) is 31.8 Å². The Hall–Kier alpha value is -4.50. The molecule has 5 rings (SSSR count). The predicted octanol–water partition coefficient (Wildman–Crippen LogP) is 3.53. The molecule has 1 saturated heterocycles. The number of aryl methyl sites for hydroxylation is 1. The number of carbonyl (C=O) groups is 2. The van der Waals surface area contributed by atoms with Gasteiger partial charge in [0.05, 0.1) is 17.7 Å². The summed E-state index contributed by atoms with van der Waals surface area (Å²) in [6.45, 7) is 3.38. The van der Waals surface area contributed by atoms with Gasteiger partial charge in [0.1, 0.15) is 18.1 Å². The number of nitrogens with zero attached hydrogens (tertiary/aromatic N) is 3. The van der Waals surface area contributed by atoms with Gasteiger partial charge in [-0.05, 0) is 48.9 Å². The zero-order chi connectivity index (χ0) is 27.5. The Morgan fingerprint density at radius 1 is 0.949 bits per heavy atom. The van der Waals surface area contributed by atoms with E-state index in [1.807, 2.05) is 60.4 Å². The lowest BCUT2D eigenvalue weighted by molar-refractivity contribution is 0.0512. The standard InChI is InChI=1S/C30H29FN4O4/c1-20-7-12-25-24(17-20)27(33-13-15-34(16-14-33)28(36)22-8-10-23(31)11-9-22)26(30(38)39-19-32)29(37)35(25)18-21-5-3-2-4-6-21/h2-12,17H,13-16,18-19,32H2,1H3. The lowest BCUT2D eigenvalue weighted by Crippen LogP contribution is -2.49. The van der Waals surface area contributed by atoms with Crippen LogP contribution in [0.25, 0.3) is 10.9 Å². The highest BCUT2D eigenvalue weighted by Crippen LogP contribution is 2.32. The van der Waals surface area contributed by atoms with Gasteiger partial charge in [0.2, 0.25) is 0 Å². The number of piperazine rings is 1. The van der Waals surface area contributed by atoms with Crippen LogP contribution in [0, 0.1) is 12.7 Å². The van der Waals surface area contributed by atoms with Crippen LogP contribution >= 0.6 is 0 Å². The predicted molar refractivity (Wildman–Crippen MR) is 147 cm³/mol. The van der Waals surface area contributed by atoms with Gasteiger partial charge in [-0.1, -0.05) is 42.0 Å². The van der Waals surface area contributed by atoms with Gasteiger partial charge in [-0.2, -0.15) is 0 Å². The summed E-state index contributed by atoms with van der Waals surface area (Å²) in [7, 11) is 0. The fraction of sp³-hybridized carbons (Fsp3) is 0.233. The maximum absolute atomic E-state index is 13.9. The molecule has 1 aliphatic heterocycles. The molecule has 0 bridgehead atoms. The van der Waals surface area contributed by atoms with E-state index >= 15 is 0 Å². The first-order valence-electron chi connectivity index (χ1n) is 12.8. The summed E-state index contributed by atoms with van der Waals surface area (Å²) in [6.07, 6.45) is 0. The number of amides is 1. The van der Waals surface area contributed by atoms with E-state index in [0.29, 0.717) is 42.9 Å². The number of benzene rings is 3. The summed E-state index contributed by atoms with van der Waals surface area (Å²) in [5.41, 5.74) is 8.45. The molecule has 4 aromatic rings. The highest BCUT2D eigenvalue weighted by molar-refractivity contribution is 6.06. The van der Waals surface area contributed by atoms with Crippen molar-refractivity contribution in [2.24, 2.45) is 5.73 Å². The van der Waals surface area contributed by atoms with Crippen LogP contribution in [0.4, 0.5) is 10.1 Å². The van der Waals surface area contributed by atoms with Gasteiger partial charge in [-0.25, -0.2) is 9.18 Å². The van der Waals surface area contributed by atoms with E-state index in [-0.39, 0.29) is 24.7 Å². The molecule has 1 amide bonds. The first-order valence-corrected chi connectivity index (χ1v) is 12.8. The summed E-state index contributed by atoms with van der Waals surface area (Å²) < 4.78 is 20.1. The summed E-state index contributed by atoms with van der Waals surface area (Å²) >= 11 is 0. The van der Waals surface area contributed by atoms with Crippen LogP contribution in [0.2, 0.25) is 0 Å². The molecule has 0 saturated carbocycles. The highest BCUT2D eigenvalue weighted by atomic mass is 19.1.